The average molecular weight is 265 g/mol. The molecule has 1 fully saturated rings. The molecule has 3 rings (SSSR count). The van der Waals surface area contributed by atoms with Gasteiger partial charge in [-0.15, -0.1) is 0 Å². The predicted molar refractivity (Wildman–Crippen MR) is 67.4 cm³/mol. The average Bonchev–Trinajstić information content (AvgIpc) is 2.94. The minimum atomic E-state index is -3.34. The summed E-state index contributed by atoms with van der Waals surface area (Å²) in [5, 5.41) is 1.77. The molecule has 0 amide bonds. The molecular formula is C13H15NO3S. The van der Waals surface area contributed by atoms with Gasteiger partial charge in [-0.05, 0) is 30.5 Å². The number of hydroxylamine groups is 2. The largest absolute Gasteiger partial charge is 0.294 e. The molecule has 96 valence electrons. The van der Waals surface area contributed by atoms with E-state index in [0.29, 0.717) is 22.8 Å². The van der Waals surface area contributed by atoms with Crippen molar-refractivity contribution in [2.45, 2.75) is 23.8 Å². The van der Waals surface area contributed by atoms with Crippen LogP contribution >= 0.6 is 0 Å². The highest BCUT2D eigenvalue weighted by atomic mass is 32.2. The Morgan fingerprint density at radius 3 is 2.72 bits per heavy atom. The van der Waals surface area contributed by atoms with Crippen molar-refractivity contribution in [2.24, 2.45) is 0 Å². The van der Waals surface area contributed by atoms with Gasteiger partial charge in [0.05, 0.1) is 22.4 Å². The van der Waals surface area contributed by atoms with Crippen molar-refractivity contribution in [3.8, 4) is 0 Å². The van der Waals surface area contributed by atoms with Crippen molar-refractivity contribution in [1.82, 2.24) is 5.06 Å². The van der Waals surface area contributed by atoms with Crippen LogP contribution in [-0.4, -0.2) is 33.2 Å². The van der Waals surface area contributed by atoms with Crippen LogP contribution in [0.5, 0.6) is 0 Å². The molecular weight excluding hydrogens is 250 g/mol. The van der Waals surface area contributed by atoms with E-state index in [9.17, 15) is 8.42 Å². The molecule has 5 heteroatoms. The highest BCUT2D eigenvalue weighted by molar-refractivity contribution is 7.95. The summed E-state index contributed by atoms with van der Waals surface area (Å²) in [7, 11) is -1.49. The number of rotatable bonds is 2. The maximum Gasteiger partial charge on any atom is 0.202 e. The van der Waals surface area contributed by atoms with Gasteiger partial charge in [-0.3, -0.25) is 4.84 Å². The molecule has 1 atom stereocenters. The zero-order valence-electron chi connectivity index (χ0n) is 10.2. The maximum atomic E-state index is 12.6. The van der Waals surface area contributed by atoms with E-state index in [0.717, 1.165) is 12.0 Å². The quantitative estimate of drug-likeness (QED) is 0.817. The van der Waals surface area contributed by atoms with E-state index < -0.39 is 9.84 Å². The fraction of sp³-hybridized carbons (Fsp3) is 0.385. The Morgan fingerprint density at radius 1 is 1.28 bits per heavy atom. The lowest BCUT2D eigenvalue weighted by molar-refractivity contribution is -0.110. The summed E-state index contributed by atoms with van der Waals surface area (Å²) in [6.45, 7) is 0.405. The minimum Gasteiger partial charge on any atom is -0.294 e. The molecule has 1 unspecified atom stereocenters. The summed E-state index contributed by atoms with van der Waals surface area (Å²) in [6.07, 6.45) is 1.44. The van der Waals surface area contributed by atoms with Crippen LogP contribution in [0, 0.1) is 0 Å². The topological polar surface area (TPSA) is 46.6 Å². The van der Waals surface area contributed by atoms with Gasteiger partial charge in [-0.2, -0.15) is 5.06 Å². The summed E-state index contributed by atoms with van der Waals surface area (Å²) >= 11 is 0. The Labute approximate surface area is 107 Å². The fourth-order valence-corrected chi connectivity index (χ4v) is 4.40. The van der Waals surface area contributed by atoms with Crippen molar-refractivity contribution >= 4 is 9.84 Å². The predicted octanol–water partition coefficient (Wildman–Crippen LogP) is 1.75. The number of nitrogens with zero attached hydrogens (tertiary/aromatic N) is 1. The van der Waals surface area contributed by atoms with Crippen LogP contribution in [0.15, 0.2) is 45.7 Å². The van der Waals surface area contributed by atoms with E-state index in [1.807, 2.05) is 13.1 Å². The van der Waals surface area contributed by atoms with E-state index in [-0.39, 0.29) is 6.04 Å². The van der Waals surface area contributed by atoms with Crippen molar-refractivity contribution in [3.05, 3.63) is 40.8 Å². The number of hydrogen-bond donors (Lipinski definition) is 0. The molecule has 0 N–H and O–H groups in total. The van der Waals surface area contributed by atoms with E-state index in [1.165, 1.54) is 0 Å². The van der Waals surface area contributed by atoms with Gasteiger partial charge in [0.15, 0.2) is 0 Å². The molecule has 0 aromatic heterocycles. The molecule has 2 aliphatic rings. The Kier molecular flexibility index (Phi) is 2.77. The highest BCUT2D eigenvalue weighted by Gasteiger charge is 2.39. The fourth-order valence-electron chi connectivity index (χ4n) is 2.68. The van der Waals surface area contributed by atoms with Crippen LogP contribution in [-0.2, 0) is 14.7 Å². The van der Waals surface area contributed by atoms with Crippen LogP contribution in [0.2, 0.25) is 0 Å². The standard InChI is InChI=1S/C13H15NO3S/c1-14-12-7-8-13(11(12)9-17-14)18(15,16)10-5-3-2-4-6-10/h2-6,12H,7-9H2,1H3. The highest BCUT2D eigenvalue weighted by Crippen LogP contribution is 2.39. The van der Waals surface area contributed by atoms with Gasteiger partial charge in [0.25, 0.3) is 0 Å². The van der Waals surface area contributed by atoms with E-state index in [2.05, 4.69) is 0 Å². The number of hydrogen-bond acceptors (Lipinski definition) is 4. The minimum absolute atomic E-state index is 0.137. The molecule has 0 saturated carbocycles. The molecule has 1 heterocycles. The first-order valence-corrected chi connectivity index (χ1v) is 7.47. The summed E-state index contributed by atoms with van der Waals surface area (Å²) in [5.41, 5.74) is 0.932. The maximum absolute atomic E-state index is 12.6. The molecule has 0 spiro atoms. The number of allylic oxidation sites excluding steroid dienone is 1. The summed E-state index contributed by atoms with van der Waals surface area (Å²) in [6, 6.07) is 8.76. The van der Waals surface area contributed by atoms with Crippen LogP contribution in [0.1, 0.15) is 12.8 Å². The second kappa shape index (κ2) is 4.19. The van der Waals surface area contributed by atoms with Gasteiger partial charge in [-0.25, -0.2) is 8.42 Å². The second-order valence-corrected chi connectivity index (χ2v) is 6.61. The van der Waals surface area contributed by atoms with E-state index in [1.54, 1.807) is 29.3 Å². The van der Waals surface area contributed by atoms with Crippen LogP contribution in [0.4, 0.5) is 0 Å². The molecule has 18 heavy (non-hydrogen) atoms. The SMILES string of the molecule is CN1OCC2=C(S(=O)(=O)c3ccccc3)CCC21. The lowest BCUT2D eigenvalue weighted by Gasteiger charge is -2.12. The summed E-state index contributed by atoms with van der Waals surface area (Å²) in [4.78, 5) is 6.33. The zero-order chi connectivity index (χ0) is 12.8. The molecule has 1 aromatic rings. The third-order valence-corrected chi connectivity index (χ3v) is 5.65. The van der Waals surface area contributed by atoms with Crippen molar-refractivity contribution in [3.63, 3.8) is 0 Å². The van der Waals surface area contributed by atoms with Crippen molar-refractivity contribution < 1.29 is 13.3 Å². The number of benzene rings is 1. The Bertz CT molecular complexity index is 592. The van der Waals surface area contributed by atoms with Gasteiger partial charge in [-0.1, -0.05) is 18.2 Å². The van der Waals surface area contributed by atoms with Crippen LogP contribution in [0.3, 0.4) is 0 Å². The molecule has 0 bridgehead atoms. The molecule has 1 saturated heterocycles. The van der Waals surface area contributed by atoms with E-state index in [4.69, 9.17) is 4.84 Å². The molecule has 1 aliphatic carbocycles. The summed E-state index contributed by atoms with van der Waals surface area (Å²) < 4.78 is 25.1. The monoisotopic (exact) mass is 265 g/mol. The molecule has 1 aliphatic heterocycles. The third-order valence-electron chi connectivity index (χ3n) is 3.65. The van der Waals surface area contributed by atoms with Gasteiger partial charge in [0.2, 0.25) is 9.84 Å². The lowest BCUT2D eigenvalue weighted by atomic mass is 10.2. The van der Waals surface area contributed by atoms with Gasteiger partial charge in [0, 0.05) is 7.05 Å². The second-order valence-electron chi connectivity index (χ2n) is 4.64. The zero-order valence-corrected chi connectivity index (χ0v) is 11.0. The first-order valence-electron chi connectivity index (χ1n) is 5.98. The number of fused-ring (bicyclic) bond motifs is 1. The Hall–Kier alpha value is -1.17. The van der Waals surface area contributed by atoms with E-state index >= 15 is 0 Å². The van der Waals surface area contributed by atoms with Gasteiger partial charge < -0.3 is 0 Å². The lowest BCUT2D eigenvalue weighted by Crippen LogP contribution is -2.22. The van der Waals surface area contributed by atoms with Crippen LogP contribution < -0.4 is 0 Å². The Balaban J connectivity index is 2.06. The van der Waals surface area contributed by atoms with Crippen molar-refractivity contribution in [2.75, 3.05) is 13.7 Å². The molecule has 0 radical (unpaired) electrons. The number of likely N-dealkylation sites (N-methyl/N-ethyl adjacent to an activating group) is 1. The summed E-state index contributed by atoms with van der Waals surface area (Å²) in [5.74, 6) is 0. The van der Waals surface area contributed by atoms with Crippen LogP contribution in [0.25, 0.3) is 0 Å². The van der Waals surface area contributed by atoms with Crippen molar-refractivity contribution in [1.29, 1.82) is 0 Å². The molecule has 1 aromatic carbocycles. The first-order chi connectivity index (χ1) is 8.60. The van der Waals surface area contributed by atoms with Gasteiger partial charge >= 0.3 is 0 Å². The Morgan fingerprint density at radius 2 is 2.00 bits per heavy atom. The number of sulfone groups is 1. The smallest absolute Gasteiger partial charge is 0.202 e. The first kappa shape index (κ1) is 11.9. The molecule has 4 nitrogen and oxygen atoms in total. The normalized spacial score (nSPS) is 24.6. The van der Waals surface area contributed by atoms with Gasteiger partial charge in [0.1, 0.15) is 0 Å². The third kappa shape index (κ3) is 1.70.